The molecule has 1 aromatic heterocycles. The predicted molar refractivity (Wildman–Crippen MR) is 99.6 cm³/mol. The molecule has 1 aliphatic heterocycles. The highest BCUT2D eigenvalue weighted by Crippen LogP contribution is 2.29. The summed E-state index contributed by atoms with van der Waals surface area (Å²) >= 11 is 5.96. The second-order valence-electron chi connectivity index (χ2n) is 6.06. The van der Waals surface area contributed by atoms with Crippen LogP contribution in [0.4, 0.5) is 15.9 Å². The second kappa shape index (κ2) is 7.99. The minimum Gasteiger partial charge on any atom is -0.383 e. The zero-order chi connectivity index (χ0) is 17.8. The van der Waals surface area contributed by atoms with E-state index in [4.69, 9.17) is 22.1 Å². The van der Waals surface area contributed by atoms with E-state index >= 15 is 0 Å². The molecule has 2 N–H and O–H groups in total. The van der Waals surface area contributed by atoms with Crippen LogP contribution in [-0.4, -0.2) is 56.3 Å². The van der Waals surface area contributed by atoms with Crippen molar-refractivity contribution in [3.63, 3.8) is 0 Å². The molecule has 5 nitrogen and oxygen atoms in total. The van der Waals surface area contributed by atoms with Crippen LogP contribution < -0.4 is 10.6 Å². The largest absolute Gasteiger partial charge is 0.383 e. The fraction of sp³-hybridized carbons (Fsp3) is 0.389. The van der Waals surface area contributed by atoms with Crippen LogP contribution >= 0.6 is 11.6 Å². The van der Waals surface area contributed by atoms with E-state index < -0.39 is 5.95 Å². The van der Waals surface area contributed by atoms with Gasteiger partial charge >= 0.3 is 0 Å². The van der Waals surface area contributed by atoms with E-state index in [2.05, 4.69) is 14.8 Å². The van der Waals surface area contributed by atoms with Crippen LogP contribution in [0.2, 0.25) is 5.02 Å². The lowest BCUT2D eigenvalue weighted by atomic mass is 10.1. The van der Waals surface area contributed by atoms with Crippen LogP contribution in [0, 0.1) is 5.95 Å². The maximum absolute atomic E-state index is 14.0. The molecule has 0 amide bonds. The molecule has 2 heterocycles. The smallest absolute Gasteiger partial charge is 0.222 e. The van der Waals surface area contributed by atoms with Crippen LogP contribution in [0.25, 0.3) is 11.1 Å². The van der Waals surface area contributed by atoms with E-state index in [1.807, 2.05) is 24.3 Å². The number of benzene rings is 1. The van der Waals surface area contributed by atoms with Crippen LogP contribution in [0.3, 0.4) is 0 Å². The molecule has 3 rings (SSSR count). The first-order chi connectivity index (χ1) is 12.1. The molecule has 1 saturated heterocycles. The molecule has 0 spiro atoms. The Morgan fingerprint density at radius 2 is 1.88 bits per heavy atom. The van der Waals surface area contributed by atoms with Crippen molar-refractivity contribution in [1.29, 1.82) is 0 Å². The molecule has 0 bridgehead atoms. The number of hydrogen-bond donors (Lipinski definition) is 1. The summed E-state index contributed by atoms with van der Waals surface area (Å²) in [5.74, 6) is -0.604. The van der Waals surface area contributed by atoms with Gasteiger partial charge in [0.25, 0.3) is 0 Å². The quantitative estimate of drug-likeness (QED) is 0.827. The molecule has 1 aromatic carbocycles. The highest BCUT2D eigenvalue weighted by molar-refractivity contribution is 6.33. The van der Waals surface area contributed by atoms with E-state index in [9.17, 15) is 4.39 Å². The van der Waals surface area contributed by atoms with Crippen LogP contribution in [0.15, 0.2) is 30.3 Å². The summed E-state index contributed by atoms with van der Waals surface area (Å²) in [6.07, 6.45) is 0. The molecule has 25 heavy (non-hydrogen) atoms. The third-order valence-corrected chi connectivity index (χ3v) is 4.79. The van der Waals surface area contributed by atoms with Gasteiger partial charge in [-0.25, -0.2) is 4.98 Å². The van der Waals surface area contributed by atoms with Gasteiger partial charge in [0.05, 0.1) is 11.6 Å². The zero-order valence-electron chi connectivity index (χ0n) is 14.2. The van der Waals surface area contributed by atoms with E-state index in [1.54, 1.807) is 7.11 Å². The first kappa shape index (κ1) is 17.9. The van der Waals surface area contributed by atoms with Gasteiger partial charge in [-0.15, -0.1) is 0 Å². The van der Waals surface area contributed by atoms with Gasteiger partial charge in [-0.3, -0.25) is 4.90 Å². The van der Waals surface area contributed by atoms with Gasteiger partial charge < -0.3 is 15.4 Å². The van der Waals surface area contributed by atoms with Crippen molar-refractivity contribution >= 4 is 23.1 Å². The summed E-state index contributed by atoms with van der Waals surface area (Å²) in [7, 11) is 1.73. The van der Waals surface area contributed by atoms with E-state index in [0.717, 1.165) is 50.6 Å². The van der Waals surface area contributed by atoms with Crippen molar-refractivity contribution in [3.8, 4) is 11.1 Å². The Balaban J connectivity index is 1.68. The molecule has 0 aliphatic carbocycles. The summed E-state index contributed by atoms with van der Waals surface area (Å²) in [6, 6.07) is 9.30. The van der Waals surface area contributed by atoms with Crippen molar-refractivity contribution in [2.45, 2.75) is 0 Å². The van der Waals surface area contributed by atoms with Gasteiger partial charge in [0.15, 0.2) is 0 Å². The van der Waals surface area contributed by atoms with Crippen LogP contribution in [-0.2, 0) is 4.74 Å². The number of aromatic nitrogens is 1. The third kappa shape index (κ3) is 4.21. The van der Waals surface area contributed by atoms with Gasteiger partial charge in [-0.2, -0.15) is 4.39 Å². The second-order valence-corrected chi connectivity index (χ2v) is 6.47. The maximum Gasteiger partial charge on any atom is 0.222 e. The Morgan fingerprint density at radius 1 is 1.20 bits per heavy atom. The molecule has 2 aromatic rings. The summed E-state index contributed by atoms with van der Waals surface area (Å²) in [4.78, 5) is 8.37. The molecular formula is C18H22ClFN4O. The Labute approximate surface area is 152 Å². The number of halogens is 2. The summed E-state index contributed by atoms with van der Waals surface area (Å²) in [5.41, 5.74) is 7.75. The first-order valence-corrected chi connectivity index (χ1v) is 8.64. The van der Waals surface area contributed by atoms with Crippen LogP contribution in [0.5, 0.6) is 0 Å². The number of methoxy groups -OCH3 is 1. The van der Waals surface area contributed by atoms with Gasteiger partial charge in [0.1, 0.15) is 5.82 Å². The van der Waals surface area contributed by atoms with Crippen molar-refractivity contribution in [3.05, 3.63) is 41.3 Å². The normalized spacial score (nSPS) is 15.6. The number of ether oxygens (including phenoxy) is 1. The van der Waals surface area contributed by atoms with E-state index in [0.29, 0.717) is 5.56 Å². The minimum absolute atomic E-state index is 0.00545. The lowest BCUT2D eigenvalue weighted by Gasteiger charge is -2.36. The Kier molecular flexibility index (Phi) is 5.73. The highest BCUT2D eigenvalue weighted by Gasteiger charge is 2.17. The lowest BCUT2D eigenvalue weighted by molar-refractivity contribution is 0.144. The van der Waals surface area contributed by atoms with E-state index in [-0.39, 0.29) is 10.8 Å². The molecule has 1 aliphatic rings. The highest BCUT2D eigenvalue weighted by atomic mass is 35.5. The summed E-state index contributed by atoms with van der Waals surface area (Å²) < 4.78 is 19.2. The third-order valence-electron chi connectivity index (χ3n) is 4.48. The average molecular weight is 365 g/mol. The molecule has 1 fully saturated rings. The fourth-order valence-corrected chi connectivity index (χ4v) is 3.14. The van der Waals surface area contributed by atoms with Gasteiger partial charge in [-0.1, -0.05) is 23.7 Å². The number of nitrogens with zero attached hydrogens (tertiary/aromatic N) is 3. The van der Waals surface area contributed by atoms with Crippen molar-refractivity contribution < 1.29 is 9.13 Å². The molecule has 7 heteroatoms. The molecule has 0 unspecified atom stereocenters. The Hall–Kier alpha value is -1.89. The van der Waals surface area contributed by atoms with Crippen LogP contribution in [0.1, 0.15) is 0 Å². The molecular weight excluding hydrogens is 343 g/mol. The van der Waals surface area contributed by atoms with Crippen molar-refractivity contribution in [1.82, 2.24) is 9.88 Å². The summed E-state index contributed by atoms with van der Waals surface area (Å²) in [6.45, 7) is 5.68. The Morgan fingerprint density at radius 3 is 2.52 bits per heavy atom. The molecule has 0 radical (unpaired) electrons. The average Bonchev–Trinajstić information content (AvgIpc) is 2.64. The number of anilines is 2. The maximum atomic E-state index is 14.0. The standard InChI is InChI=1S/C18H22ClFN4O/c1-25-11-10-23-6-8-24(9-7-23)14-4-2-13(3-5-14)15-12-16(19)18(21)22-17(15)20/h2-5,12H,6-11H2,1H3,(H2,21,22). The molecule has 0 atom stereocenters. The zero-order valence-corrected chi connectivity index (χ0v) is 15.0. The topological polar surface area (TPSA) is 54.6 Å². The number of nitrogens with two attached hydrogens (primary N) is 1. The monoisotopic (exact) mass is 364 g/mol. The van der Waals surface area contributed by atoms with Gasteiger partial charge in [0.2, 0.25) is 5.95 Å². The lowest BCUT2D eigenvalue weighted by Crippen LogP contribution is -2.47. The van der Waals surface area contributed by atoms with Gasteiger partial charge in [-0.05, 0) is 23.8 Å². The Bertz CT molecular complexity index is 718. The first-order valence-electron chi connectivity index (χ1n) is 8.26. The number of piperazine rings is 1. The summed E-state index contributed by atoms with van der Waals surface area (Å²) in [5, 5.41) is 0.257. The number of rotatable bonds is 5. The molecule has 134 valence electrons. The van der Waals surface area contributed by atoms with Crippen molar-refractivity contribution in [2.24, 2.45) is 0 Å². The number of hydrogen-bond acceptors (Lipinski definition) is 5. The van der Waals surface area contributed by atoms with Crippen molar-refractivity contribution in [2.75, 3.05) is 57.1 Å². The molecule has 0 saturated carbocycles. The minimum atomic E-state index is -0.610. The van der Waals surface area contributed by atoms with Gasteiger partial charge in [0, 0.05) is 51.1 Å². The van der Waals surface area contributed by atoms with E-state index in [1.165, 1.54) is 6.07 Å². The number of nitrogen functional groups attached to an aromatic ring is 1. The fourth-order valence-electron chi connectivity index (χ4n) is 2.98. The SMILES string of the molecule is COCCN1CCN(c2ccc(-c3cc(Cl)c(N)nc3F)cc2)CC1. The predicted octanol–water partition coefficient (Wildman–Crippen LogP) is 2.89. The number of pyridine rings is 1.